The van der Waals surface area contributed by atoms with E-state index in [4.69, 9.17) is 14.6 Å². The van der Waals surface area contributed by atoms with Gasteiger partial charge in [0.25, 0.3) is 0 Å². The van der Waals surface area contributed by atoms with E-state index >= 15 is 0 Å². The summed E-state index contributed by atoms with van der Waals surface area (Å²) in [7, 11) is 1.72. The Morgan fingerprint density at radius 2 is 2.27 bits per heavy atom. The third-order valence-corrected chi connectivity index (χ3v) is 2.80. The van der Waals surface area contributed by atoms with Crippen LogP contribution in [0.15, 0.2) is 0 Å². The summed E-state index contributed by atoms with van der Waals surface area (Å²) in [6, 6.07) is 0. The highest BCUT2D eigenvalue weighted by Crippen LogP contribution is 2.24. The molecular weight excluding hydrogens is 196 g/mol. The first kappa shape index (κ1) is 12.5. The van der Waals surface area contributed by atoms with Crippen molar-refractivity contribution in [3.8, 4) is 0 Å². The van der Waals surface area contributed by atoms with E-state index in [1.54, 1.807) is 7.11 Å². The van der Waals surface area contributed by atoms with Gasteiger partial charge in [-0.3, -0.25) is 4.79 Å². The number of carboxylic acid groups (broad SMARTS) is 1. The van der Waals surface area contributed by atoms with Gasteiger partial charge >= 0.3 is 5.97 Å². The standard InChI is InChI=1S/C11H20O4/c1-8-6-10(14-2)7-9(15-8)4-3-5-11(12)13/h8-10H,3-7H2,1-2H3,(H,12,13)/t8-,9-,10+/m0/s1. The van der Waals surface area contributed by atoms with Crippen LogP contribution in [-0.4, -0.2) is 36.5 Å². The Kier molecular flexibility index (Phi) is 5.05. The van der Waals surface area contributed by atoms with Crippen LogP contribution in [0.4, 0.5) is 0 Å². The number of carboxylic acids is 1. The molecule has 1 rings (SSSR count). The van der Waals surface area contributed by atoms with Crippen LogP contribution in [-0.2, 0) is 14.3 Å². The van der Waals surface area contributed by atoms with Crippen molar-refractivity contribution in [3.05, 3.63) is 0 Å². The molecule has 0 radical (unpaired) electrons. The number of carbonyl (C=O) groups is 1. The van der Waals surface area contributed by atoms with Gasteiger partial charge in [-0.05, 0) is 32.6 Å². The van der Waals surface area contributed by atoms with Crippen LogP contribution < -0.4 is 0 Å². The molecule has 0 aliphatic carbocycles. The number of aliphatic carboxylic acids is 1. The Labute approximate surface area is 90.6 Å². The molecule has 0 amide bonds. The summed E-state index contributed by atoms with van der Waals surface area (Å²) in [4.78, 5) is 10.4. The highest BCUT2D eigenvalue weighted by atomic mass is 16.5. The Morgan fingerprint density at radius 3 is 2.87 bits per heavy atom. The van der Waals surface area contributed by atoms with Gasteiger partial charge in [-0.2, -0.15) is 0 Å². The van der Waals surface area contributed by atoms with E-state index in [1.165, 1.54) is 0 Å². The first-order chi connectivity index (χ1) is 7.11. The molecular formula is C11H20O4. The lowest BCUT2D eigenvalue weighted by Gasteiger charge is -2.33. The van der Waals surface area contributed by atoms with Crippen molar-refractivity contribution in [1.29, 1.82) is 0 Å². The normalized spacial score (nSPS) is 31.5. The van der Waals surface area contributed by atoms with Crippen molar-refractivity contribution in [2.45, 2.75) is 57.3 Å². The van der Waals surface area contributed by atoms with Crippen molar-refractivity contribution in [1.82, 2.24) is 0 Å². The maximum atomic E-state index is 10.4. The first-order valence-corrected chi connectivity index (χ1v) is 5.52. The van der Waals surface area contributed by atoms with Crippen LogP contribution >= 0.6 is 0 Å². The van der Waals surface area contributed by atoms with Gasteiger partial charge in [0.1, 0.15) is 0 Å². The third kappa shape index (κ3) is 4.62. The number of methoxy groups -OCH3 is 1. The van der Waals surface area contributed by atoms with Gasteiger partial charge in [0, 0.05) is 13.5 Å². The molecule has 4 nitrogen and oxygen atoms in total. The van der Waals surface area contributed by atoms with Crippen LogP contribution in [0.3, 0.4) is 0 Å². The smallest absolute Gasteiger partial charge is 0.303 e. The number of hydrogen-bond acceptors (Lipinski definition) is 3. The predicted molar refractivity (Wildman–Crippen MR) is 55.9 cm³/mol. The minimum Gasteiger partial charge on any atom is -0.481 e. The molecule has 0 bridgehead atoms. The Bertz CT molecular complexity index is 205. The third-order valence-electron chi connectivity index (χ3n) is 2.80. The zero-order valence-corrected chi connectivity index (χ0v) is 9.44. The number of rotatable bonds is 5. The molecule has 0 aromatic heterocycles. The Balaban J connectivity index is 2.25. The average Bonchev–Trinajstić information content (AvgIpc) is 2.16. The average molecular weight is 216 g/mol. The molecule has 0 aromatic carbocycles. The van der Waals surface area contributed by atoms with E-state index in [0.29, 0.717) is 6.42 Å². The molecule has 0 saturated carbocycles. The molecule has 1 aliphatic heterocycles. The van der Waals surface area contributed by atoms with E-state index < -0.39 is 5.97 Å². The van der Waals surface area contributed by atoms with Gasteiger partial charge in [-0.15, -0.1) is 0 Å². The minimum absolute atomic E-state index is 0.165. The van der Waals surface area contributed by atoms with Crippen molar-refractivity contribution in [2.24, 2.45) is 0 Å². The van der Waals surface area contributed by atoms with Gasteiger partial charge in [-0.25, -0.2) is 0 Å². The Hall–Kier alpha value is -0.610. The molecule has 3 atom stereocenters. The van der Waals surface area contributed by atoms with Crippen molar-refractivity contribution >= 4 is 5.97 Å². The van der Waals surface area contributed by atoms with Crippen LogP contribution in [0.1, 0.15) is 39.0 Å². The van der Waals surface area contributed by atoms with E-state index in [0.717, 1.165) is 19.3 Å². The molecule has 1 saturated heterocycles. The maximum absolute atomic E-state index is 10.4. The molecule has 1 aliphatic rings. The molecule has 0 spiro atoms. The first-order valence-electron chi connectivity index (χ1n) is 5.52. The summed E-state index contributed by atoms with van der Waals surface area (Å²) in [5, 5.41) is 8.53. The van der Waals surface area contributed by atoms with Crippen LogP contribution in [0.5, 0.6) is 0 Å². The van der Waals surface area contributed by atoms with Crippen LogP contribution in [0.25, 0.3) is 0 Å². The SMILES string of the molecule is CO[C@H]1C[C@H](CCCC(=O)O)O[C@@H](C)C1. The maximum Gasteiger partial charge on any atom is 0.303 e. The quantitative estimate of drug-likeness (QED) is 0.761. The zero-order chi connectivity index (χ0) is 11.3. The fourth-order valence-corrected chi connectivity index (χ4v) is 2.06. The second kappa shape index (κ2) is 6.08. The van der Waals surface area contributed by atoms with E-state index in [1.807, 2.05) is 6.92 Å². The van der Waals surface area contributed by atoms with Gasteiger partial charge in [0.15, 0.2) is 0 Å². The second-order valence-electron chi connectivity index (χ2n) is 4.18. The van der Waals surface area contributed by atoms with Crippen LogP contribution in [0, 0.1) is 0 Å². The number of hydrogen-bond donors (Lipinski definition) is 1. The molecule has 88 valence electrons. The monoisotopic (exact) mass is 216 g/mol. The summed E-state index contributed by atoms with van der Waals surface area (Å²) in [5.74, 6) is -0.734. The fourth-order valence-electron chi connectivity index (χ4n) is 2.06. The molecule has 0 aromatic rings. The van der Waals surface area contributed by atoms with Crippen molar-refractivity contribution in [2.75, 3.05) is 7.11 Å². The topological polar surface area (TPSA) is 55.8 Å². The highest BCUT2D eigenvalue weighted by molar-refractivity contribution is 5.66. The van der Waals surface area contributed by atoms with Gasteiger partial charge in [-0.1, -0.05) is 0 Å². The van der Waals surface area contributed by atoms with E-state index in [9.17, 15) is 4.79 Å². The summed E-state index contributed by atoms with van der Waals surface area (Å²) in [5.41, 5.74) is 0. The highest BCUT2D eigenvalue weighted by Gasteiger charge is 2.26. The molecule has 15 heavy (non-hydrogen) atoms. The lowest BCUT2D eigenvalue weighted by atomic mass is 9.98. The lowest BCUT2D eigenvalue weighted by Crippen LogP contribution is -2.35. The van der Waals surface area contributed by atoms with Gasteiger partial charge in [0.05, 0.1) is 18.3 Å². The molecule has 1 heterocycles. The number of ether oxygens (including phenoxy) is 2. The zero-order valence-electron chi connectivity index (χ0n) is 9.44. The Morgan fingerprint density at radius 1 is 1.53 bits per heavy atom. The lowest BCUT2D eigenvalue weighted by molar-refractivity contribution is -0.137. The molecule has 1 N–H and O–H groups in total. The second-order valence-corrected chi connectivity index (χ2v) is 4.18. The summed E-state index contributed by atoms with van der Waals surface area (Å²) in [6.45, 7) is 2.04. The summed E-state index contributed by atoms with van der Waals surface area (Å²) < 4.78 is 11.1. The van der Waals surface area contributed by atoms with Crippen LogP contribution in [0.2, 0.25) is 0 Å². The largest absolute Gasteiger partial charge is 0.481 e. The summed E-state index contributed by atoms with van der Waals surface area (Å²) >= 11 is 0. The molecule has 1 fully saturated rings. The predicted octanol–water partition coefficient (Wildman–Crippen LogP) is 1.82. The van der Waals surface area contributed by atoms with E-state index in [-0.39, 0.29) is 24.7 Å². The minimum atomic E-state index is -0.734. The van der Waals surface area contributed by atoms with Gasteiger partial charge in [0.2, 0.25) is 0 Å². The molecule has 0 unspecified atom stereocenters. The van der Waals surface area contributed by atoms with Gasteiger partial charge < -0.3 is 14.6 Å². The van der Waals surface area contributed by atoms with E-state index in [2.05, 4.69) is 0 Å². The fraction of sp³-hybridized carbons (Fsp3) is 0.909. The van der Waals surface area contributed by atoms with Crippen molar-refractivity contribution in [3.63, 3.8) is 0 Å². The summed E-state index contributed by atoms with van der Waals surface area (Å²) in [6.07, 6.45) is 4.21. The van der Waals surface area contributed by atoms with Crippen molar-refractivity contribution < 1.29 is 19.4 Å². The molecule has 4 heteroatoms.